The highest BCUT2D eigenvalue weighted by Crippen LogP contribution is 2.16. The van der Waals surface area contributed by atoms with Crippen LogP contribution in [0.2, 0.25) is 10.0 Å². The Morgan fingerprint density at radius 3 is 2.13 bits per heavy atom. The molecule has 1 aromatic heterocycles. The lowest BCUT2D eigenvalue weighted by Crippen LogP contribution is -2.38. The van der Waals surface area contributed by atoms with Gasteiger partial charge in [0.05, 0.1) is 5.69 Å². The maximum Gasteiger partial charge on any atom is 0.278 e. The van der Waals surface area contributed by atoms with Gasteiger partial charge in [-0.15, -0.1) is 5.10 Å². The van der Waals surface area contributed by atoms with E-state index in [-0.39, 0.29) is 16.3 Å². The summed E-state index contributed by atoms with van der Waals surface area (Å²) in [7, 11) is 0. The van der Waals surface area contributed by atoms with E-state index in [4.69, 9.17) is 23.2 Å². The summed E-state index contributed by atoms with van der Waals surface area (Å²) in [6.07, 6.45) is 3.03. The number of nitrogens with zero attached hydrogens (tertiary/aromatic N) is 4. The molecule has 6 nitrogen and oxygen atoms in total. The summed E-state index contributed by atoms with van der Waals surface area (Å²) in [5.74, 6) is -0.660. The SMILES string of the molecule is O=C(N=c1sn(-c2ccc(Cl)cc2)nc1C(=O)N1CCCCC1)c1ccc(Cl)cc1. The molecule has 0 N–H and O–H groups in total. The summed E-state index contributed by atoms with van der Waals surface area (Å²) >= 11 is 13.0. The average Bonchev–Trinajstić information content (AvgIpc) is 3.18. The van der Waals surface area contributed by atoms with Gasteiger partial charge in [0.25, 0.3) is 11.8 Å². The lowest BCUT2D eigenvalue weighted by atomic mass is 10.1. The summed E-state index contributed by atoms with van der Waals surface area (Å²) in [6, 6.07) is 13.6. The van der Waals surface area contributed by atoms with E-state index in [1.54, 1.807) is 57.5 Å². The molecule has 1 aliphatic rings. The molecule has 1 aliphatic heterocycles. The summed E-state index contributed by atoms with van der Waals surface area (Å²) in [5.41, 5.74) is 1.30. The van der Waals surface area contributed by atoms with Crippen LogP contribution in [-0.2, 0) is 0 Å². The molecule has 0 unspecified atom stereocenters. The third-order valence-corrected chi connectivity index (χ3v) is 6.18. The zero-order chi connectivity index (χ0) is 21.1. The van der Waals surface area contributed by atoms with E-state index in [9.17, 15) is 9.59 Å². The van der Waals surface area contributed by atoms with E-state index in [1.807, 2.05) is 0 Å². The Morgan fingerprint density at radius 1 is 0.900 bits per heavy atom. The van der Waals surface area contributed by atoms with Gasteiger partial charge >= 0.3 is 0 Å². The second-order valence-electron chi connectivity index (χ2n) is 6.87. The molecule has 154 valence electrons. The van der Waals surface area contributed by atoms with Crippen molar-refractivity contribution in [3.8, 4) is 5.69 Å². The fourth-order valence-corrected chi connectivity index (χ4v) is 4.27. The van der Waals surface area contributed by atoms with Gasteiger partial charge in [0.15, 0.2) is 10.4 Å². The lowest BCUT2D eigenvalue weighted by molar-refractivity contribution is 0.0716. The second-order valence-corrected chi connectivity index (χ2v) is 8.66. The minimum absolute atomic E-state index is 0.180. The number of piperidine rings is 1. The van der Waals surface area contributed by atoms with Gasteiger partial charge < -0.3 is 4.90 Å². The van der Waals surface area contributed by atoms with E-state index in [2.05, 4.69) is 10.1 Å². The van der Waals surface area contributed by atoms with E-state index in [0.717, 1.165) is 36.5 Å². The third-order valence-electron chi connectivity index (χ3n) is 4.75. The first-order chi connectivity index (χ1) is 14.5. The van der Waals surface area contributed by atoms with Crippen LogP contribution in [0.1, 0.15) is 40.1 Å². The number of benzene rings is 2. The predicted molar refractivity (Wildman–Crippen MR) is 118 cm³/mol. The van der Waals surface area contributed by atoms with Crippen molar-refractivity contribution >= 4 is 46.5 Å². The standard InChI is InChI=1S/C21H18Cl2N4O2S/c22-15-6-4-14(5-7-15)19(28)24-20-18(21(29)26-12-2-1-3-13-26)25-27(30-20)17-10-8-16(23)9-11-17/h4-11H,1-3,12-13H2. The zero-order valence-electron chi connectivity index (χ0n) is 15.9. The van der Waals surface area contributed by atoms with Crippen LogP contribution >= 0.6 is 34.7 Å². The summed E-state index contributed by atoms with van der Waals surface area (Å²) in [6.45, 7) is 1.36. The Kier molecular flexibility index (Phi) is 6.32. The molecular weight excluding hydrogens is 443 g/mol. The zero-order valence-corrected chi connectivity index (χ0v) is 18.3. The molecule has 2 aromatic carbocycles. The number of carbonyl (C=O) groups excluding carboxylic acids is 2. The minimum atomic E-state index is -0.453. The number of amides is 2. The number of carbonyl (C=O) groups is 2. The fourth-order valence-electron chi connectivity index (χ4n) is 3.16. The van der Waals surface area contributed by atoms with E-state index in [1.165, 1.54) is 0 Å². The summed E-state index contributed by atoms with van der Waals surface area (Å²) < 4.78 is 1.86. The van der Waals surface area contributed by atoms with Gasteiger partial charge in [-0.25, -0.2) is 0 Å². The largest absolute Gasteiger partial charge is 0.337 e. The molecule has 0 bridgehead atoms. The molecule has 2 amide bonds. The molecule has 0 spiro atoms. The van der Waals surface area contributed by atoms with Gasteiger partial charge in [-0.1, -0.05) is 23.2 Å². The van der Waals surface area contributed by atoms with Crippen molar-refractivity contribution in [1.29, 1.82) is 0 Å². The van der Waals surface area contributed by atoms with Crippen molar-refractivity contribution in [2.45, 2.75) is 19.3 Å². The molecule has 2 heterocycles. The van der Waals surface area contributed by atoms with Gasteiger partial charge in [-0.2, -0.15) is 9.06 Å². The first-order valence-electron chi connectivity index (χ1n) is 9.52. The Hall–Kier alpha value is -2.48. The number of hydrogen-bond acceptors (Lipinski definition) is 4. The molecule has 1 saturated heterocycles. The van der Waals surface area contributed by atoms with Gasteiger partial charge in [0, 0.05) is 28.7 Å². The van der Waals surface area contributed by atoms with Crippen molar-refractivity contribution in [3.05, 3.63) is 74.5 Å². The number of rotatable bonds is 3. The van der Waals surface area contributed by atoms with E-state index < -0.39 is 5.91 Å². The van der Waals surface area contributed by atoms with Crippen LogP contribution in [0.5, 0.6) is 0 Å². The highest BCUT2D eigenvalue weighted by atomic mass is 35.5. The normalized spacial score (nSPS) is 14.7. The first-order valence-corrected chi connectivity index (χ1v) is 11.0. The van der Waals surface area contributed by atoms with Crippen molar-refractivity contribution < 1.29 is 9.59 Å². The number of hydrogen-bond donors (Lipinski definition) is 0. The summed E-state index contributed by atoms with van der Waals surface area (Å²) in [4.78, 5) is 31.8. The second kappa shape index (κ2) is 9.12. The van der Waals surface area contributed by atoms with Crippen molar-refractivity contribution in [2.24, 2.45) is 4.99 Å². The smallest absolute Gasteiger partial charge is 0.278 e. The third kappa shape index (κ3) is 4.64. The first kappa shape index (κ1) is 20.8. The van der Waals surface area contributed by atoms with Gasteiger partial charge in [0.2, 0.25) is 0 Å². The van der Waals surface area contributed by atoms with Crippen LogP contribution in [0.3, 0.4) is 0 Å². The Bertz CT molecular complexity index is 1130. The highest BCUT2D eigenvalue weighted by Gasteiger charge is 2.24. The molecular formula is C21H18Cl2N4O2S. The van der Waals surface area contributed by atoms with Crippen molar-refractivity contribution in [2.75, 3.05) is 13.1 Å². The topological polar surface area (TPSA) is 67.6 Å². The molecule has 0 saturated carbocycles. The molecule has 0 atom stereocenters. The maximum atomic E-state index is 13.1. The Labute approximate surface area is 187 Å². The van der Waals surface area contributed by atoms with Crippen LogP contribution in [0.15, 0.2) is 53.5 Å². The van der Waals surface area contributed by atoms with Crippen LogP contribution < -0.4 is 4.67 Å². The number of likely N-dealkylation sites (tertiary alicyclic amines) is 1. The van der Waals surface area contributed by atoms with Crippen LogP contribution in [0.25, 0.3) is 5.69 Å². The van der Waals surface area contributed by atoms with Gasteiger partial charge in [0.1, 0.15) is 0 Å². The molecule has 4 rings (SSSR count). The van der Waals surface area contributed by atoms with E-state index in [0.29, 0.717) is 28.7 Å². The number of aromatic nitrogens is 2. The van der Waals surface area contributed by atoms with Crippen molar-refractivity contribution in [3.63, 3.8) is 0 Å². The quantitative estimate of drug-likeness (QED) is 0.572. The number of halogens is 2. The van der Waals surface area contributed by atoms with Crippen molar-refractivity contribution in [1.82, 2.24) is 14.1 Å². The lowest BCUT2D eigenvalue weighted by Gasteiger charge is -2.25. The molecule has 0 radical (unpaired) electrons. The average molecular weight is 461 g/mol. The van der Waals surface area contributed by atoms with Crippen LogP contribution in [0, 0.1) is 0 Å². The van der Waals surface area contributed by atoms with Gasteiger partial charge in [-0.3, -0.25) is 9.59 Å². The Balaban J connectivity index is 1.76. The van der Waals surface area contributed by atoms with Crippen LogP contribution in [-0.4, -0.2) is 39.0 Å². The Morgan fingerprint density at radius 2 is 1.50 bits per heavy atom. The predicted octanol–water partition coefficient (Wildman–Crippen LogP) is 4.61. The molecule has 1 fully saturated rings. The maximum absolute atomic E-state index is 13.1. The molecule has 3 aromatic rings. The summed E-state index contributed by atoms with van der Waals surface area (Å²) in [5, 5.41) is 5.61. The van der Waals surface area contributed by atoms with E-state index >= 15 is 0 Å². The molecule has 30 heavy (non-hydrogen) atoms. The molecule has 9 heteroatoms. The fraction of sp³-hybridized carbons (Fsp3) is 0.238. The highest BCUT2D eigenvalue weighted by molar-refractivity contribution is 7.04. The van der Waals surface area contributed by atoms with Crippen LogP contribution in [0.4, 0.5) is 0 Å². The molecule has 0 aliphatic carbocycles. The monoisotopic (exact) mass is 460 g/mol. The van der Waals surface area contributed by atoms with Gasteiger partial charge in [-0.05, 0) is 79.3 Å². The minimum Gasteiger partial charge on any atom is -0.337 e.